The molecule has 3 fully saturated rings. The monoisotopic (exact) mass is 246 g/mol. The van der Waals surface area contributed by atoms with Gasteiger partial charge in [0, 0.05) is 6.61 Å². The first-order chi connectivity index (χ1) is 8.68. The van der Waals surface area contributed by atoms with E-state index in [1.165, 1.54) is 44.1 Å². The van der Waals surface area contributed by atoms with Crippen LogP contribution in [0.25, 0.3) is 0 Å². The predicted molar refractivity (Wildman–Crippen MR) is 71.6 cm³/mol. The summed E-state index contributed by atoms with van der Waals surface area (Å²) >= 11 is 0. The van der Waals surface area contributed by atoms with E-state index in [-0.39, 0.29) is 0 Å². The number of aliphatic hydroxyl groups is 1. The summed E-state index contributed by atoms with van der Waals surface area (Å²) in [5.74, 6) is 0.358. The number of phenols is 1. The van der Waals surface area contributed by atoms with E-state index in [1.54, 1.807) is 0 Å². The van der Waals surface area contributed by atoms with Crippen molar-refractivity contribution in [1.82, 2.24) is 0 Å². The van der Waals surface area contributed by atoms with Crippen molar-refractivity contribution in [3.63, 3.8) is 0 Å². The standard InChI is InChI=1S/C16H22O2/c17-12-11-15-5-8-16(9-6-15,10-7-15)13-1-3-14(18)4-2-13/h1-4,17-18H,5-12H2. The van der Waals surface area contributed by atoms with E-state index in [1.807, 2.05) is 12.1 Å². The number of aromatic hydroxyl groups is 1. The van der Waals surface area contributed by atoms with Crippen LogP contribution < -0.4 is 0 Å². The van der Waals surface area contributed by atoms with Crippen LogP contribution in [0.5, 0.6) is 5.75 Å². The highest BCUT2D eigenvalue weighted by atomic mass is 16.3. The molecule has 1 aromatic rings. The van der Waals surface area contributed by atoms with Gasteiger partial charge >= 0.3 is 0 Å². The molecule has 0 atom stereocenters. The molecule has 2 bridgehead atoms. The summed E-state index contributed by atoms with van der Waals surface area (Å²) in [4.78, 5) is 0. The van der Waals surface area contributed by atoms with Gasteiger partial charge < -0.3 is 10.2 Å². The topological polar surface area (TPSA) is 40.5 Å². The number of hydrogen-bond acceptors (Lipinski definition) is 2. The third-order valence-electron chi connectivity index (χ3n) is 5.52. The van der Waals surface area contributed by atoms with Gasteiger partial charge in [-0.15, -0.1) is 0 Å². The Labute approximate surface area is 109 Å². The Morgan fingerprint density at radius 1 is 0.889 bits per heavy atom. The Hall–Kier alpha value is -1.02. The van der Waals surface area contributed by atoms with E-state index in [2.05, 4.69) is 12.1 Å². The van der Waals surface area contributed by atoms with Crippen LogP contribution in [0.15, 0.2) is 24.3 Å². The van der Waals surface area contributed by atoms with Crippen molar-refractivity contribution in [3.05, 3.63) is 29.8 Å². The molecule has 2 N–H and O–H groups in total. The van der Waals surface area contributed by atoms with E-state index in [0.29, 0.717) is 23.2 Å². The van der Waals surface area contributed by atoms with Crippen molar-refractivity contribution < 1.29 is 10.2 Å². The van der Waals surface area contributed by atoms with Gasteiger partial charge in [0.25, 0.3) is 0 Å². The molecule has 2 heteroatoms. The van der Waals surface area contributed by atoms with E-state index >= 15 is 0 Å². The first-order valence-corrected chi connectivity index (χ1v) is 7.09. The Balaban J connectivity index is 1.82. The number of benzene rings is 1. The molecule has 0 radical (unpaired) electrons. The Kier molecular flexibility index (Phi) is 2.86. The highest BCUT2D eigenvalue weighted by molar-refractivity contribution is 5.33. The summed E-state index contributed by atoms with van der Waals surface area (Å²) < 4.78 is 0. The Bertz CT molecular complexity index is 397. The van der Waals surface area contributed by atoms with Crippen molar-refractivity contribution in [2.45, 2.75) is 50.4 Å². The molecule has 98 valence electrons. The van der Waals surface area contributed by atoms with Gasteiger partial charge in [0.2, 0.25) is 0 Å². The minimum atomic E-state index is 0.339. The fraction of sp³-hybridized carbons (Fsp3) is 0.625. The summed E-state index contributed by atoms with van der Waals surface area (Å²) in [6.07, 6.45) is 8.50. The molecular weight excluding hydrogens is 224 g/mol. The summed E-state index contributed by atoms with van der Waals surface area (Å²) in [5, 5.41) is 18.6. The lowest BCUT2D eigenvalue weighted by Gasteiger charge is -2.54. The van der Waals surface area contributed by atoms with Gasteiger partial charge in [-0.25, -0.2) is 0 Å². The zero-order valence-electron chi connectivity index (χ0n) is 10.9. The predicted octanol–water partition coefficient (Wildman–Crippen LogP) is 3.37. The summed E-state index contributed by atoms with van der Waals surface area (Å²) in [5.41, 5.74) is 2.19. The molecule has 3 aliphatic carbocycles. The first-order valence-electron chi connectivity index (χ1n) is 7.09. The molecule has 0 heterocycles. The number of hydrogen-bond donors (Lipinski definition) is 2. The van der Waals surface area contributed by atoms with Gasteiger partial charge in [0.05, 0.1) is 0 Å². The first kappa shape index (κ1) is 12.0. The zero-order valence-corrected chi connectivity index (χ0v) is 10.9. The lowest BCUT2D eigenvalue weighted by atomic mass is 9.51. The molecule has 18 heavy (non-hydrogen) atoms. The van der Waals surface area contributed by atoms with E-state index in [0.717, 1.165) is 6.42 Å². The van der Waals surface area contributed by atoms with Gasteiger partial charge in [-0.3, -0.25) is 0 Å². The Morgan fingerprint density at radius 2 is 1.44 bits per heavy atom. The largest absolute Gasteiger partial charge is 0.508 e. The fourth-order valence-corrected chi connectivity index (χ4v) is 4.12. The maximum absolute atomic E-state index is 9.40. The molecule has 0 saturated heterocycles. The third-order valence-corrected chi connectivity index (χ3v) is 5.52. The molecule has 0 spiro atoms. The van der Waals surface area contributed by atoms with Crippen LogP contribution in [-0.2, 0) is 5.41 Å². The molecule has 0 aliphatic heterocycles. The van der Waals surface area contributed by atoms with Crippen molar-refractivity contribution >= 4 is 0 Å². The number of aliphatic hydroxyl groups excluding tert-OH is 1. The molecule has 1 aromatic carbocycles. The van der Waals surface area contributed by atoms with Crippen LogP contribution in [0.4, 0.5) is 0 Å². The van der Waals surface area contributed by atoms with E-state index in [4.69, 9.17) is 0 Å². The van der Waals surface area contributed by atoms with E-state index in [9.17, 15) is 10.2 Å². The smallest absolute Gasteiger partial charge is 0.115 e. The molecular formula is C16H22O2. The van der Waals surface area contributed by atoms with Gasteiger partial charge in [-0.05, 0) is 73.5 Å². The molecule has 2 nitrogen and oxygen atoms in total. The second kappa shape index (κ2) is 4.27. The number of phenolic OH excluding ortho intramolecular Hbond substituents is 1. The van der Waals surface area contributed by atoms with Crippen molar-refractivity contribution in [2.24, 2.45) is 5.41 Å². The minimum Gasteiger partial charge on any atom is -0.508 e. The molecule has 3 saturated carbocycles. The highest BCUT2D eigenvalue weighted by Crippen LogP contribution is 2.58. The lowest BCUT2D eigenvalue weighted by molar-refractivity contribution is 0.0192. The van der Waals surface area contributed by atoms with Crippen molar-refractivity contribution in [2.75, 3.05) is 6.61 Å². The lowest BCUT2D eigenvalue weighted by Crippen LogP contribution is -2.44. The van der Waals surface area contributed by atoms with Crippen LogP contribution in [0.2, 0.25) is 0 Å². The number of rotatable bonds is 3. The SMILES string of the molecule is OCCC12CCC(c3ccc(O)cc3)(CC1)CC2. The molecule has 0 unspecified atom stereocenters. The number of fused-ring (bicyclic) bond motifs is 3. The van der Waals surface area contributed by atoms with Crippen LogP contribution >= 0.6 is 0 Å². The summed E-state index contributed by atoms with van der Waals surface area (Å²) in [6, 6.07) is 7.82. The van der Waals surface area contributed by atoms with Gasteiger partial charge in [0.1, 0.15) is 5.75 Å². The maximum Gasteiger partial charge on any atom is 0.115 e. The van der Waals surface area contributed by atoms with Crippen molar-refractivity contribution in [1.29, 1.82) is 0 Å². The molecule has 0 amide bonds. The van der Waals surface area contributed by atoms with Gasteiger partial charge in [-0.2, -0.15) is 0 Å². The Morgan fingerprint density at radius 3 is 1.94 bits per heavy atom. The van der Waals surface area contributed by atoms with Crippen LogP contribution in [-0.4, -0.2) is 16.8 Å². The quantitative estimate of drug-likeness (QED) is 0.858. The van der Waals surface area contributed by atoms with Gasteiger partial charge in [-0.1, -0.05) is 12.1 Å². The summed E-state index contributed by atoms with van der Waals surface area (Å²) in [7, 11) is 0. The van der Waals surface area contributed by atoms with Gasteiger partial charge in [0.15, 0.2) is 0 Å². The third kappa shape index (κ3) is 1.83. The molecule has 0 aromatic heterocycles. The summed E-state index contributed by atoms with van der Waals surface area (Å²) in [6.45, 7) is 0.339. The van der Waals surface area contributed by atoms with Crippen molar-refractivity contribution in [3.8, 4) is 5.75 Å². The van der Waals surface area contributed by atoms with Crippen LogP contribution in [0.3, 0.4) is 0 Å². The van der Waals surface area contributed by atoms with Crippen LogP contribution in [0, 0.1) is 5.41 Å². The second-order valence-electron chi connectivity index (χ2n) is 6.30. The second-order valence-corrected chi connectivity index (χ2v) is 6.30. The average molecular weight is 246 g/mol. The fourth-order valence-electron chi connectivity index (χ4n) is 4.12. The molecule has 4 rings (SSSR count). The zero-order chi connectivity index (χ0) is 12.6. The maximum atomic E-state index is 9.40. The van der Waals surface area contributed by atoms with Crippen LogP contribution in [0.1, 0.15) is 50.5 Å². The van der Waals surface area contributed by atoms with E-state index < -0.39 is 0 Å². The normalized spacial score (nSPS) is 34.7. The average Bonchev–Trinajstić information content (AvgIpc) is 2.42. The minimum absolute atomic E-state index is 0.339. The molecule has 3 aliphatic rings. The highest BCUT2D eigenvalue weighted by Gasteiger charge is 2.48.